The van der Waals surface area contributed by atoms with E-state index in [0.717, 1.165) is 21.3 Å². The molecule has 1 aromatic rings. The summed E-state index contributed by atoms with van der Waals surface area (Å²) in [5, 5.41) is 3.00. The van der Waals surface area contributed by atoms with E-state index < -0.39 is 0 Å². The molecule has 0 aliphatic carbocycles. The molecule has 0 aromatic heterocycles. The van der Waals surface area contributed by atoms with Crippen molar-refractivity contribution in [2.45, 2.75) is 27.7 Å². The van der Waals surface area contributed by atoms with Crippen molar-refractivity contribution in [1.82, 2.24) is 0 Å². The molecular weight excluding hydrogens is 292 g/mol. The third kappa shape index (κ3) is 3.56. The first-order chi connectivity index (χ1) is 8.36. The van der Waals surface area contributed by atoms with Crippen LogP contribution in [0.15, 0.2) is 16.6 Å². The van der Waals surface area contributed by atoms with E-state index in [0.29, 0.717) is 6.54 Å². The number of nitrogens with two attached hydrogens (primary N) is 1. The molecule has 1 unspecified atom stereocenters. The number of halogens is 1. The van der Waals surface area contributed by atoms with Gasteiger partial charge in [0, 0.05) is 16.7 Å². The van der Waals surface area contributed by atoms with Gasteiger partial charge in [0.2, 0.25) is 5.91 Å². The van der Waals surface area contributed by atoms with E-state index in [4.69, 9.17) is 5.73 Å². The lowest BCUT2D eigenvalue weighted by molar-refractivity contribution is -0.120. The minimum Gasteiger partial charge on any atom is -0.330 e. The average molecular weight is 313 g/mol. The van der Waals surface area contributed by atoms with E-state index in [-0.39, 0.29) is 17.7 Å². The van der Waals surface area contributed by atoms with Crippen molar-refractivity contribution in [3.05, 3.63) is 27.7 Å². The smallest absolute Gasteiger partial charge is 0.229 e. The quantitative estimate of drug-likeness (QED) is 0.896. The zero-order chi connectivity index (χ0) is 13.9. The number of rotatable bonds is 4. The lowest BCUT2D eigenvalue weighted by Gasteiger charge is -2.20. The van der Waals surface area contributed by atoms with Crippen LogP contribution in [0.5, 0.6) is 0 Å². The number of nitrogens with one attached hydrogen (secondary N) is 1. The first-order valence-corrected chi connectivity index (χ1v) is 6.93. The van der Waals surface area contributed by atoms with E-state index in [2.05, 4.69) is 21.2 Å². The van der Waals surface area contributed by atoms with Crippen LogP contribution in [0.1, 0.15) is 25.0 Å². The molecule has 3 nitrogen and oxygen atoms in total. The van der Waals surface area contributed by atoms with Crippen LogP contribution in [0.3, 0.4) is 0 Å². The van der Waals surface area contributed by atoms with Crippen molar-refractivity contribution in [2.24, 2.45) is 17.6 Å². The molecule has 0 saturated carbocycles. The number of benzene rings is 1. The van der Waals surface area contributed by atoms with Gasteiger partial charge in [0.15, 0.2) is 0 Å². The van der Waals surface area contributed by atoms with Gasteiger partial charge in [-0.15, -0.1) is 0 Å². The standard InChI is InChI=1S/C14H21BrN2O/c1-8(2)12(7-16)14(18)17-13-9(3)5-11(15)6-10(13)4/h5-6,8,12H,7,16H2,1-4H3,(H,17,18). The van der Waals surface area contributed by atoms with Crippen LogP contribution >= 0.6 is 15.9 Å². The highest BCUT2D eigenvalue weighted by molar-refractivity contribution is 9.10. The normalized spacial score (nSPS) is 12.6. The van der Waals surface area contributed by atoms with E-state index in [1.807, 2.05) is 39.8 Å². The van der Waals surface area contributed by atoms with E-state index in [9.17, 15) is 4.79 Å². The van der Waals surface area contributed by atoms with Crippen LogP contribution in [-0.4, -0.2) is 12.5 Å². The Morgan fingerprint density at radius 3 is 2.22 bits per heavy atom. The van der Waals surface area contributed by atoms with Crippen molar-refractivity contribution in [2.75, 3.05) is 11.9 Å². The Bertz CT molecular complexity index is 420. The number of anilines is 1. The summed E-state index contributed by atoms with van der Waals surface area (Å²) < 4.78 is 1.02. The van der Waals surface area contributed by atoms with Gasteiger partial charge in [0.05, 0.1) is 5.92 Å². The van der Waals surface area contributed by atoms with Crippen LogP contribution < -0.4 is 11.1 Å². The van der Waals surface area contributed by atoms with E-state index in [1.54, 1.807) is 0 Å². The lowest BCUT2D eigenvalue weighted by Crippen LogP contribution is -2.33. The maximum absolute atomic E-state index is 12.2. The zero-order valence-corrected chi connectivity index (χ0v) is 13.0. The van der Waals surface area contributed by atoms with Gasteiger partial charge in [-0.25, -0.2) is 0 Å². The summed E-state index contributed by atoms with van der Waals surface area (Å²) in [7, 11) is 0. The third-order valence-electron chi connectivity index (χ3n) is 3.14. The number of hydrogen-bond donors (Lipinski definition) is 2. The van der Waals surface area contributed by atoms with Gasteiger partial charge in [0.25, 0.3) is 0 Å². The van der Waals surface area contributed by atoms with E-state index >= 15 is 0 Å². The molecule has 0 aliphatic heterocycles. The summed E-state index contributed by atoms with van der Waals surface area (Å²) in [5.41, 5.74) is 8.65. The minimum absolute atomic E-state index is 0.000947. The molecule has 0 aliphatic rings. The topological polar surface area (TPSA) is 55.1 Å². The van der Waals surface area contributed by atoms with Crippen molar-refractivity contribution >= 4 is 27.5 Å². The Balaban J connectivity index is 2.95. The first kappa shape index (κ1) is 15.2. The fourth-order valence-corrected chi connectivity index (χ4v) is 2.69. The Labute approximate surface area is 117 Å². The summed E-state index contributed by atoms with van der Waals surface area (Å²) >= 11 is 3.45. The summed E-state index contributed by atoms with van der Waals surface area (Å²) in [5.74, 6) is 0.0968. The molecule has 0 fully saturated rings. The van der Waals surface area contributed by atoms with Crippen molar-refractivity contribution in [3.8, 4) is 0 Å². The van der Waals surface area contributed by atoms with Crippen LogP contribution in [0.4, 0.5) is 5.69 Å². The molecule has 1 atom stereocenters. The Kier molecular flexibility index (Phi) is 5.35. The second-order valence-corrected chi connectivity index (χ2v) is 5.91. The second kappa shape index (κ2) is 6.34. The number of aryl methyl sites for hydroxylation is 2. The molecule has 4 heteroatoms. The summed E-state index contributed by atoms with van der Waals surface area (Å²) in [6, 6.07) is 3.99. The van der Waals surface area contributed by atoms with Gasteiger partial charge >= 0.3 is 0 Å². The number of amides is 1. The molecular formula is C14H21BrN2O. The number of carbonyl (C=O) groups excluding carboxylic acids is 1. The minimum atomic E-state index is -0.146. The highest BCUT2D eigenvalue weighted by atomic mass is 79.9. The SMILES string of the molecule is Cc1cc(Br)cc(C)c1NC(=O)C(CN)C(C)C. The molecule has 0 spiro atoms. The van der Waals surface area contributed by atoms with E-state index in [1.165, 1.54) is 0 Å². The Hall–Kier alpha value is -0.870. The van der Waals surface area contributed by atoms with Crippen LogP contribution in [0.25, 0.3) is 0 Å². The fourth-order valence-electron chi connectivity index (χ4n) is 2.01. The van der Waals surface area contributed by atoms with Crippen LogP contribution in [0.2, 0.25) is 0 Å². The van der Waals surface area contributed by atoms with Gasteiger partial charge in [-0.3, -0.25) is 4.79 Å². The Morgan fingerprint density at radius 2 is 1.83 bits per heavy atom. The summed E-state index contributed by atoms with van der Waals surface area (Å²) in [4.78, 5) is 12.2. The molecule has 1 aromatic carbocycles. The predicted octanol–water partition coefficient (Wildman–Crippen LogP) is 3.24. The van der Waals surface area contributed by atoms with Crippen LogP contribution in [0, 0.1) is 25.7 Å². The highest BCUT2D eigenvalue weighted by Crippen LogP contribution is 2.26. The molecule has 0 saturated heterocycles. The lowest BCUT2D eigenvalue weighted by atomic mass is 9.94. The molecule has 100 valence electrons. The molecule has 0 heterocycles. The highest BCUT2D eigenvalue weighted by Gasteiger charge is 2.21. The number of hydrogen-bond acceptors (Lipinski definition) is 2. The molecule has 1 amide bonds. The molecule has 3 N–H and O–H groups in total. The maximum Gasteiger partial charge on any atom is 0.229 e. The third-order valence-corrected chi connectivity index (χ3v) is 3.60. The van der Waals surface area contributed by atoms with Crippen molar-refractivity contribution < 1.29 is 4.79 Å². The van der Waals surface area contributed by atoms with Gasteiger partial charge in [-0.2, -0.15) is 0 Å². The summed E-state index contributed by atoms with van der Waals surface area (Å²) in [6.45, 7) is 8.37. The molecule has 0 radical (unpaired) electrons. The molecule has 1 rings (SSSR count). The largest absolute Gasteiger partial charge is 0.330 e. The van der Waals surface area contributed by atoms with Crippen molar-refractivity contribution in [3.63, 3.8) is 0 Å². The molecule has 18 heavy (non-hydrogen) atoms. The maximum atomic E-state index is 12.2. The monoisotopic (exact) mass is 312 g/mol. The summed E-state index contributed by atoms with van der Waals surface area (Å²) in [6.07, 6.45) is 0. The van der Waals surface area contributed by atoms with Gasteiger partial charge in [0.1, 0.15) is 0 Å². The van der Waals surface area contributed by atoms with Gasteiger partial charge in [-0.05, 0) is 43.0 Å². The molecule has 0 bridgehead atoms. The van der Waals surface area contributed by atoms with Gasteiger partial charge < -0.3 is 11.1 Å². The first-order valence-electron chi connectivity index (χ1n) is 6.14. The van der Waals surface area contributed by atoms with Crippen molar-refractivity contribution in [1.29, 1.82) is 0 Å². The average Bonchev–Trinajstić information content (AvgIpc) is 2.23. The fraction of sp³-hybridized carbons (Fsp3) is 0.500. The van der Waals surface area contributed by atoms with Gasteiger partial charge in [-0.1, -0.05) is 29.8 Å². The second-order valence-electron chi connectivity index (χ2n) is 4.99. The Morgan fingerprint density at radius 1 is 1.33 bits per heavy atom. The number of carbonyl (C=O) groups is 1. The predicted molar refractivity (Wildman–Crippen MR) is 79.6 cm³/mol. The zero-order valence-electron chi connectivity index (χ0n) is 11.4. The van der Waals surface area contributed by atoms with Crippen LogP contribution in [-0.2, 0) is 4.79 Å².